The highest BCUT2D eigenvalue weighted by Gasteiger charge is 2.25. The van der Waals surface area contributed by atoms with Gasteiger partial charge in [0.05, 0.1) is 12.8 Å². The Balaban J connectivity index is 1.55. The van der Waals surface area contributed by atoms with Crippen molar-refractivity contribution in [2.75, 3.05) is 19.7 Å². The number of hydrogen-bond donors (Lipinski definition) is 1. The van der Waals surface area contributed by atoms with Crippen LogP contribution in [0, 0.1) is 20.8 Å². The van der Waals surface area contributed by atoms with Gasteiger partial charge in [-0.15, -0.1) is 0 Å². The van der Waals surface area contributed by atoms with E-state index in [1.165, 1.54) is 0 Å². The number of aromatic nitrogens is 5. The van der Waals surface area contributed by atoms with Gasteiger partial charge in [-0.2, -0.15) is 5.10 Å². The molecule has 0 bridgehead atoms. The molecule has 4 heterocycles. The molecule has 3 aromatic rings. The maximum Gasteiger partial charge on any atom is 0.159 e. The van der Waals surface area contributed by atoms with Gasteiger partial charge in [0, 0.05) is 48.5 Å². The first kappa shape index (κ1) is 15.3. The zero-order valence-corrected chi connectivity index (χ0v) is 14.3. The van der Waals surface area contributed by atoms with E-state index >= 15 is 0 Å². The maximum atomic E-state index is 5.88. The number of nitrogens with zero attached hydrogens (tertiary/aromatic N) is 5. The van der Waals surface area contributed by atoms with Gasteiger partial charge in [-0.1, -0.05) is 0 Å². The summed E-state index contributed by atoms with van der Waals surface area (Å²) in [6.07, 6.45) is 3.76. The lowest BCUT2D eigenvalue weighted by Gasteiger charge is -2.31. The molecule has 24 heavy (non-hydrogen) atoms. The van der Waals surface area contributed by atoms with Crippen molar-refractivity contribution in [3.8, 4) is 0 Å². The summed E-state index contributed by atoms with van der Waals surface area (Å²) in [4.78, 5) is 14.7. The third-order valence-electron chi connectivity index (χ3n) is 4.42. The molecule has 1 atom stereocenters. The topological polar surface area (TPSA) is 71.3 Å². The van der Waals surface area contributed by atoms with E-state index in [4.69, 9.17) is 4.74 Å². The summed E-state index contributed by atoms with van der Waals surface area (Å²) >= 11 is 0. The van der Waals surface area contributed by atoms with Crippen LogP contribution in [0.25, 0.3) is 5.65 Å². The van der Waals surface area contributed by atoms with Crippen LogP contribution in [0.15, 0.2) is 18.5 Å². The Kier molecular flexibility index (Phi) is 3.82. The second-order valence-electron chi connectivity index (χ2n) is 6.49. The molecular formula is C17H22N6O. The lowest BCUT2D eigenvalue weighted by atomic mass is 10.2. The summed E-state index contributed by atoms with van der Waals surface area (Å²) < 4.78 is 7.79. The summed E-state index contributed by atoms with van der Waals surface area (Å²) in [7, 11) is 0. The molecule has 0 saturated carbocycles. The van der Waals surface area contributed by atoms with E-state index in [-0.39, 0.29) is 6.10 Å². The average molecular weight is 326 g/mol. The number of ether oxygens (including phenoxy) is 1. The number of H-pyrrole nitrogens is 1. The fourth-order valence-electron chi connectivity index (χ4n) is 3.28. The summed E-state index contributed by atoms with van der Waals surface area (Å²) in [6, 6.07) is 2.05. The summed E-state index contributed by atoms with van der Waals surface area (Å²) in [6.45, 7) is 9.32. The van der Waals surface area contributed by atoms with Gasteiger partial charge < -0.3 is 9.72 Å². The van der Waals surface area contributed by atoms with E-state index in [1.807, 2.05) is 36.8 Å². The monoisotopic (exact) mass is 326 g/mol. The van der Waals surface area contributed by atoms with Crippen LogP contribution in [0.4, 0.5) is 0 Å². The molecule has 1 N–H and O–H groups in total. The highest BCUT2D eigenvalue weighted by atomic mass is 16.5. The first-order valence-corrected chi connectivity index (χ1v) is 8.26. The third kappa shape index (κ3) is 2.81. The summed E-state index contributed by atoms with van der Waals surface area (Å²) in [5.74, 6) is 0.905. The molecule has 1 fully saturated rings. The predicted molar refractivity (Wildman–Crippen MR) is 89.8 cm³/mol. The summed E-state index contributed by atoms with van der Waals surface area (Å²) in [5.41, 5.74) is 5.29. The van der Waals surface area contributed by atoms with Gasteiger partial charge in [-0.05, 0) is 26.8 Å². The first-order valence-electron chi connectivity index (χ1n) is 8.26. The number of morpholine rings is 1. The Bertz CT molecular complexity index is 867. The van der Waals surface area contributed by atoms with E-state index in [2.05, 4.69) is 31.9 Å². The number of aryl methyl sites for hydroxylation is 3. The zero-order valence-electron chi connectivity index (χ0n) is 14.3. The van der Waals surface area contributed by atoms with E-state index in [1.54, 1.807) is 0 Å². The molecule has 3 aromatic heterocycles. The second-order valence-corrected chi connectivity index (χ2v) is 6.49. The molecule has 0 spiro atoms. The van der Waals surface area contributed by atoms with Crippen molar-refractivity contribution in [1.82, 2.24) is 29.5 Å². The van der Waals surface area contributed by atoms with Gasteiger partial charge in [0.15, 0.2) is 5.65 Å². The van der Waals surface area contributed by atoms with Crippen LogP contribution >= 0.6 is 0 Å². The minimum absolute atomic E-state index is 0.00859. The lowest BCUT2D eigenvalue weighted by molar-refractivity contribution is -0.0367. The van der Waals surface area contributed by atoms with E-state index < -0.39 is 0 Å². The van der Waals surface area contributed by atoms with Crippen LogP contribution in [-0.2, 0) is 11.3 Å². The van der Waals surface area contributed by atoms with E-state index in [0.29, 0.717) is 6.61 Å². The molecule has 0 radical (unpaired) electrons. The van der Waals surface area contributed by atoms with E-state index in [9.17, 15) is 0 Å². The van der Waals surface area contributed by atoms with Gasteiger partial charge in [0.2, 0.25) is 0 Å². The third-order valence-corrected chi connectivity index (χ3v) is 4.42. The number of aromatic amines is 1. The second kappa shape index (κ2) is 5.99. The van der Waals surface area contributed by atoms with Gasteiger partial charge >= 0.3 is 0 Å². The van der Waals surface area contributed by atoms with Crippen LogP contribution in [0.3, 0.4) is 0 Å². The van der Waals surface area contributed by atoms with Crippen LogP contribution in [0.5, 0.6) is 0 Å². The minimum Gasteiger partial charge on any atom is -0.368 e. The Morgan fingerprint density at radius 1 is 1.29 bits per heavy atom. The molecule has 1 unspecified atom stereocenters. The molecule has 0 amide bonds. The van der Waals surface area contributed by atoms with Crippen molar-refractivity contribution in [2.45, 2.75) is 33.4 Å². The SMILES string of the molecule is Cc1cc(C)n2ncc(CN3CCOC(c4ncc(C)[nH]4)C3)c2n1. The minimum atomic E-state index is -0.00859. The molecule has 7 nitrogen and oxygen atoms in total. The number of imidazole rings is 1. The molecule has 126 valence electrons. The smallest absolute Gasteiger partial charge is 0.159 e. The molecule has 1 aliphatic rings. The van der Waals surface area contributed by atoms with Crippen molar-refractivity contribution in [1.29, 1.82) is 0 Å². The zero-order chi connectivity index (χ0) is 16.7. The molecule has 0 aromatic carbocycles. The van der Waals surface area contributed by atoms with Crippen molar-refractivity contribution in [2.24, 2.45) is 0 Å². The standard InChI is InChI=1S/C17H22N6O/c1-11-6-13(3)23-17(21-11)14(8-19-23)9-22-4-5-24-15(10-22)16-18-7-12(2)20-16/h6-8,15H,4-5,9-10H2,1-3H3,(H,18,20). The summed E-state index contributed by atoms with van der Waals surface area (Å²) in [5, 5.41) is 4.48. The van der Waals surface area contributed by atoms with Crippen molar-refractivity contribution < 1.29 is 4.74 Å². The fourth-order valence-corrected chi connectivity index (χ4v) is 3.28. The Morgan fingerprint density at radius 3 is 2.96 bits per heavy atom. The molecule has 4 rings (SSSR count). The van der Waals surface area contributed by atoms with Gasteiger partial charge in [-0.3, -0.25) is 4.90 Å². The highest BCUT2D eigenvalue weighted by Crippen LogP contribution is 2.22. The van der Waals surface area contributed by atoms with Gasteiger partial charge in [0.1, 0.15) is 11.9 Å². The van der Waals surface area contributed by atoms with Crippen molar-refractivity contribution in [3.63, 3.8) is 0 Å². The predicted octanol–water partition coefficient (Wildman–Crippen LogP) is 1.95. The molecule has 0 aliphatic carbocycles. The quantitative estimate of drug-likeness (QED) is 0.796. The largest absolute Gasteiger partial charge is 0.368 e. The molecule has 1 saturated heterocycles. The average Bonchev–Trinajstić information content (AvgIpc) is 3.15. The lowest BCUT2D eigenvalue weighted by Crippen LogP contribution is -2.38. The van der Waals surface area contributed by atoms with Crippen LogP contribution < -0.4 is 0 Å². The van der Waals surface area contributed by atoms with Gasteiger partial charge in [0.25, 0.3) is 0 Å². The van der Waals surface area contributed by atoms with Crippen molar-refractivity contribution in [3.05, 3.63) is 46.9 Å². The molecular weight excluding hydrogens is 304 g/mol. The maximum absolute atomic E-state index is 5.88. The Morgan fingerprint density at radius 2 is 2.17 bits per heavy atom. The molecule has 1 aliphatic heterocycles. The first-order chi connectivity index (χ1) is 11.6. The Labute approximate surface area is 140 Å². The van der Waals surface area contributed by atoms with Crippen LogP contribution in [-0.4, -0.2) is 49.2 Å². The number of rotatable bonds is 3. The molecule has 7 heteroatoms. The van der Waals surface area contributed by atoms with Gasteiger partial charge in [-0.25, -0.2) is 14.5 Å². The highest BCUT2D eigenvalue weighted by molar-refractivity contribution is 5.47. The van der Waals surface area contributed by atoms with Crippen molar-refractivity contribution >= 4 is 5.65 Å². The Hall–Kier alpha value is -2.25. The number of nitrogens with one attached hydrogen (secondary N) is 1. The van der Waals surface area contributed by atoms with Crippen LogP contribution in [0.2, 0.25) is 0 Å². The van der Waals surface area contributed by atoms with Crippen LogP contribution in [0.1, 0.15) is 34.6 Å². The fraction of sp³-hybridized carbons (Fsp3) is 0.471. The number of hydrogen-bond acceptors (Lipinski definition) is 5. The normalized spacial score (nSPS) is 19.2. The number of fused-ring (bicyclic) bond motifs is 1. The van der Waals surface area contributed by atoms with E-state index in [0.717, 1.165) is 53.8 Å².